The summed E-state index contributed by atoms with van der Waals surface area (Å²) >= 11 is 3.47. The molecule has 2 rings (SSSR count). The van der Waals surface area contributed by atoms with Gasteiger partial charge in [0.1, 0.15) is 5.82 Å². The summed E-state index contributed by atoms with van der Waals surface area (Å²) in [5.41, 5.74) is 3.00. The first-order valence-electron chi connectivity index (χ1n) is 5.76. The highest BCUT2D eigenvalue weighted by Crippen LogP contribution is 2.35. The Morgan fingerprint density at radius 1 is 0.895 bits per heavy atom. The monoisotopic (exact) mass is 328 g/mol. The van der Waals surface area contributed by atoms with Gasteiger partial charge in [-0.25, -0.2) is 13.2 Å². The van der Waals surface area contributed by atoms with Gasteiger partial charge >= 0.3 is 0 Å². The van der Waals surface area contributed by atoms with E-state index in [1.165, 1.54) is 18.2 Å². The summed E-state index contributed by atoms with van der Waals surface area (Å²) in [7, 11) is 0. The van der Waals surface area contributed by atoms with Gasteiger partial charge in [-0.15, -0.1) is 0 Å². The highest BCUT2D eigenvalue weighted by Gasteiger charge is 2.17. The van der Waals surface area contributed by atoms with Gasteiger partial charge in [0, 0.05) is 0 Å². The first-order valence-corrected chi connectivity index (χ1v) is 6.67. The summed E-state index contributed by atoms with van der Waals surface area (Å²) in [5.74, 6) is -2.07. The van der Waals surface area contributed by atoms with Crippen LogP contribution in [0.4, 0.5) is 13.2 Å². The molecule has 4 heteroatoms. The summed E-state index contributed by atoms with van der Waals surface area (Å²) in [5, 5.41) is 0. The topological polar surface area (TPSA) is 0 Å². The molecule has 0 saturated heterocycles. The van der Waals surface area contributed by atoms with Crippen LogP contribution in [0.2, 0.25) is 0 Å². The highest BCUT2D eigenvalue weighted by atomic mass is 79.9. The molecule has 0 saturated carbocycles. The maximum Gasteiger partial charge on any atom is 0.159 e. The predicted molar refractivity (Wildman–Crippen MR) is 73.0 cm³/mol. The third-order valence-electron chi connectivity index (χ3n) is 3.05. The Morgan fingerprint density at radius 3 is 2.00 bits per heavy atom. The molecule has 1 unspecified atom stereocenters. The molecule has 0 aliphatic heterocycles. The third-order valence-corrected chi connectivity index (χ3v) is 4.03. The number of alkyl halides is 1. The van der Waals surface area contributed by atoms with Crippen LogP contribution < -0.4 is 0 Å². The van der Waals surface area contributed by atoms with Gasteiger partial charge in [0.05, 0.1) is 4.83 Å². The van der Waals surface area contributed by atoms with Crippen LogP contribution in [0.25, 0.3) is 0 Å². The van der Waals surface area contributed by atoms with E-state index in [0.717, 1.165) is 28.8 Å². The molecule has 2 aromatic rings. The van der Waals surface area contributed by atoms with Gasteiger partial charge in [0.2, 0.25) is 0 Å². The fraction of sp³-hybridized carbons (Fsp3) is 0.200. The molecule has 0 heterocycles. The van der Waals surface area contributed by atoms with Crippen LogP contribution in [0.1, 0.15) is 27.1 Å². The van der Waals surface area contributed by atoms with Gasteiger partial charge in [-0.1, -0.05) is 22.0 Å². The average molecular weight is 329 g/mol. The van der Waals surface area contributed by atoms with Gasteiger partial charge in [-0.2, -0.15) is 0 Å². The molecule has 0 aromatic heterocycles. The van der Waals surface area contributed by atoms with Crippen molar-refractivity contribution in [2.24, 2.45) is 0 Å². The lowest BCUT2D eigenvalue weighted by Gasteiger charge is -2.17. The SMILES string of the molecule is Cc1cc(F)cc(C)c1C(Br)c1ccc(F)c(F)c1. The van der Waals surface area contributed by atoms with Crippen molar-refractivity contribution in [1.82, 2.24) is 0 Å². The summed E-state index contributed by atoms with van der Waals surface area (Å²) in [6.45, 7) is 3.58. The van der Waals surface area contributed by atoms with Crippen molar-refractivity contribution in [1.29, 1.82) is 0 Å². The molecule has 0 fully saturated rings. The highest BCUT2D eigenvalue weighted by molar-refractivity contribution is 9.09. The molecule has 0 N–H and O–H groups in total. The molecule has 0 amide bonds. The molecule has 0 spiro atoms. The second-order valence-corrected chi connectivity index (χ2v) is 5.41. The first-order chi connectivity index (χ1) is 8.90. The van der Waals surface area contributed by atoms with E-state index < -0.39 is 11.6 Å². The van der Waals surface area contributed by atoms with Crippen molar-refractivity contribution in [2.75, 3.05) is 0 Å². The molecule has 19 heavy (non-hydrogen) atoms. The van der Waals surface area contributed by atoms with Crippen LogP contribution in [0.3, 0.4) is 0 Å². The fourth-order valence-corrected chi connectivity index (χ4v) is 3.17. The normalized spacial score (nSPS) is 12.5. The lowest BCUT2D eigenvalue weighted by atomic mass is 9.96. The molecule has 2 aromatic carbocycles. The zero-order chi connectivity index (χ0) is 14.2. The quantitative estimate of drug-likeness (QED) is 0.664. The number of aryl methyl sites for hydroxylation is 2. The summed E-state index contributed by atoms with van der Waals surface area (Å²) in [6.07, 6.45) is 0. The van der Waals surface area contributed by atoms with Crippen LogP contribution in [0, 0.1) is 31.3 Å². The van der Waals surface area contributed by atoms with E-state index in [1.54, 1.807) is 13.8 Å². The molecular weight excluding hydrogens is 317 g/mol. The van der Waals surface area contributed by atoms with E-state index in [4.69, 9.17) is 0 Å². The summed E-state index contributed by atoms with van der Waals surface area (Å²) in [6, 6.07) is 6.61. The molecule has 0 nitrogen and oxygen atoms in total. The Hall–Kier alpha value is -1.29. The Morgan fingerprint density at radius 2 is 1.47 bits per heavy atom. The van der Waals surface area contributed by atoms with Crippen LogP contribution in [0.5, 0.6) is 0 Å². The second kappa shape index (κ2) is 5.37. The van der Waals surface area contributed by atoms with Gasteiger partial charge in [0.15, 0.2) is 11.6 Å². The summed E-state index contributed by atoms with van der Waals surface area (Å²) in [4.78, 5) is -0.303. The van der Waals surface area contributed by atoms with Gasteiger partial charge in [0.25, 0.3) is 0 Å². The van der Waals surface area contributed by atoms with E-state index in [1.807, 2.05) is 0 Å². The number of benzene rings is 2. The van der Waals surface area contributed by atoms with Crippen molar-refractivity contribution in [3.05, 3.63) is 70.0 Å². The zero-order valence-corrected chi connectivity index (χ0v) is 12.1. The molecule has 100 valence electrons. The zero-order valence-electron chi connectivity index (χ0n) is 10.5. The van der Waals surface area contributed by atoms with E-state index in [0.29, 0.717) is 5.56 Å². The third kappa shape index (κ3) is 2.84. The van der Waals surface area contributed by atoms with Crippen molar-refractivity contribution in [3.8, 4) is 0 Å². The number of rotatable bonds is 2. The maximum absolute atomic E-state index is 13.3. The minimum atomic E-state index is -0.889. The largest absolute Gasteiger partial charge is 0.207 e. The van der Waals surface area contributed by atoms with Crippen LogP contribution in [0.15, 0.2) is 30.3 Å². The Balaban J connectivity index is 2.49. The van der Waals surface area contributed by atoms with Crippen molar-refractivity contribution >= 4 is 15.9 Å². The van der Waals surface area contributed by atoms with Crippen LogP contribution >= 0.6 is 15.9 Å². The van der Waals surface area contributed by atoms with Crippen LogP contribution in [-0.2, 0) is 0 Å². The minimum Gasteiger partial charge on any atom is -0.207 e. The van der Waals surface area contributed by atoms with E-state index in [-0.39, 0.29) is 10.6 Å². The van der Waals surface area contributed by atoms with E-state index >= 15 is 0 Å². The molecule has 0 aliphatic carbocycles. The smallest absolute Gasteiger partial charge is 0.159 e. The van der Waals surface area contributed by atoms with Gasteiger partial charge in [-0.3, -0.25) is 0 Å². The molecule has 0 bridgehead atoms. The van der Waals surface area contributed by atoms with E-state index in [2.05, 4.69) is 15.9 Å². The predicted octanol–water partition coefficient (Wildman–Crippen LogP) is 5.21. The molecule has 0 aliphatic rings. The number of hydrogen-bond donors (Lipinski definition) is 0. The summed E-state index contributed by atoms with van der Waals surface area (Å²) < 4.78 is 39.5. The van der Waals surface area contributed by atoms with Gasteiger partial charge < -0.3 is 0 Å². The lowest BCUT2D eigenvalue weighted by Crippen LogP contribution is -2.01. The Labute approximate surface area is 118 Å². The molecule has 0 radical (unpaired) electrons. The molecular formula is C15H12BrF3. The van der Waals surface area contributed by atoms with Crippen molar-refractivity contribution < 1.29 is 13.2 Å². The van der Waals surface area contributed by atoms with Crippen molar-refractivity contribution in [2.45, 2.75) is 18.7 Å². The van der Waals surface area contributed by atoms with Crippen molar-refractivity contribution in [3.63, 3.8) is 0 Å². The van der Waals surface area contributed by atoms with Gasteiger partial charge in [-0.05, 0) is 60.4 Å². The maximum atomic E-state index is 13.3. The average Bonchev–Trinajstić information content (AvgIpc) is 2.31. The minimum absolute atomic E-state index is 0.302. The second-order valence-electron chi connectivity index (χ2n) is 4.49. The Bertz CT molecular complexity index is 600. The number of halogens is 4. The first kappa shape index (κ1) is 14.1. The lowest BCUT2D eigenvalue weighted by molar-refractivity contribution is 0.507. The van der Waals surface area contributed by atoms with E-state index in [9.17, 15) is 13.2 Å². The van der Waals surface area contributed by atoms with Crippen LogP contribution in [-0.4, -0.2) is 0 Å². The standard InChI is InChI=1S/C15H12BrF3/c1-8-5-11(17)6-9(2)14(8)15(16)10-3-4-12(18)13(19)7-10/h3-7,15H,1-2H3. The molecule has 1 atom stereocenters. The Kier molecular flexibility index (Phi) is 3.99. The fourth-order valence-electron chi connectivity index (χ4n) is 2.16. The number of hydrogen-bond acceptors (Lipinski definition) is 0.